The van der Waals surface area contributed by atoms with Crippen molar-refractivity contribution in [2.45, 2.75) is 46.2 Å². The first-order valence-electron chi connectivity index (χ1n) is 6.04. The van der Waals surface area contributed by atoms with E-state index in [1.807, 2.05) is 20.8 Å². The second kappa shape index (κ2) is 5.71. The van der Waals surface area contributed by atoms with Gasteiger partial charge in [-0.3, -0.25) is 0 Å². The van der Waals surface area contributed by atoms with E-state index < -0.39 is 0 Å². The maximum Gasteiger partial charge on any atom is 0.315 e. The minimum Gasteiger partial charge on any atom is -0.334 e. The molecule has 2 amide bonds. The van der Waals surface area contributed by atoms with Crippen molar-refractivity contribution in [3.63, 3.8) is 0 Å². The van der Waals surface area contributed by atoms with Crippen LogP contribution in [0.5, 0.6) is 0 Å². The molecular weight excluding hydrogens is 212 g/mol. The lowest BCUT2D eigenvalue weighted by Crippen LogP contribution is -2.46. The van der Waals surface area contributed by atoms with Gasteiger partial charge in [0.05, 0.1) is 0 Å². The maximum atomic E-state index is 11.5. The molecule has 0 aliphatic carbocycles. The average molecular weight is 234 g/mol. The molecule has 3 heteroatoms. The molecule has 0 aliphatic heterocycles. The lowest BCUT2D eigenvalue weighted by molar-refractivity contribution is 0.231. The largest absolute Gasteiger partial charge is 0.334 e. The zero-order valence-corrected chi connectivity index (χ0v) is 11.1. The van der Waals surface area contributed by atoms with Gasteiger partial charge in [0.2, 0.25) is 0 Å². The van der Waals surface area contributed by atoms with E-state index in [1.54, 1.807) is 0 Å². The molecular formula is C14H22N2O. The van der Waals surface area contributed by atoms with Gasteiger partial charge in [0.15, 0.2) is 0 Å². The van der Waals surface area contributed by atoms with Crippen molar-refractivity contribution < 1.29 is 4.79 Å². The molecule has 1 aromatic rings. The second-order valence-electron chi connectivity index (χ2n) is 5.23. The summed E-state index contributed by atoms with van der Waals surface area (Å²) in [5, 5.41) is 5.70. The highest BCUT2D eigenvalue weighted by Crippen LogP contribution is 2.05. The zero-order valence-electron chi connectivity index (χ0n) is 11.1. The van der Waals surface area contributed by atoms with Crippen LogP contribution in [-0.2, 0) is 13.0 Å². The molecule has 17 heavy (non-hydrogen) atoms. The number of carbonyl (C=O) groups is 1. The molecule has 94 valence electrons. The van der Waals surface area contributed by atoms with Crippen LogP contribution in [-0.4, -0.2) is 11.6 Å². The van der Waals surface area contributed by atoms with Crippen LogP contribution in [0.15, 0.2) is 24.3 Å². The highest BCUT2D eigenvalue weighted by Gasteiger charge is 2.12. The van der Waals surface area contributed by atoms with Gasteiger partial charge < -0.3 is 10.6 Å². The van der Waals surface area contributed by atoms with Gasteiger partial charge in [0.1, 0.15) is 0 Å². The summed E-state index contributed by atoms with van der Waals surface area (Å²) >= 11 is 0. The smallest absolute Gasteiger partial charge is 0.315 e. The lowest BCUT2D eigenvalue weighted by Gasteiger charge is -2.20. The molecule has 1 rings (SSSR count). The Hall–Kier alpha value is -1.51. The van der Waals surface area contributed by atoms with E-state index in [0.29, 0.717) is 6.54 Å². The standard InChI is InChI=1S/C14H22N2O/c1-5-11-6-8-12(9-7-11)10-15-13(17)16-14(2,3)4/h6-9H,5,10H2,1-4H3,(H2,15,16,17). The lowest BCUT2D eigenvalue weighted by atomic mass is 10.1. The number of rotatable bonds is 3. The molecule has 0 saturated carbocycles. The summed E-state index contributed by atoms with van der Waals surface area (Å²) < 4.78 is 0. The average Bonchev–Trinajstić information content (AvgIpc) is 2.25. The Balaban J connectivity index is 2.42. The Labute approximate surface area is 104 Å². The molecule has 1 aromatic carbocycles. The predicted octanol–water partition coefficient (Wildman–Crippen LogP) is 2.85. The Morgan fingerprint density at radius 3 is 2.12 bits per heavy atom. The molecule has 0 fully saturated rings. The van der Waals surface area contributed by atoms with Crippen LogP contribution in [0, 0.1) is 0 Å². The summed E-state index contributed by atoms with van der Waals surface area (Å²) in [6, 6.07) is 8.17. The van der Waals surface area contributed by atoms with E-state index in [9.17, 15) is 4.79 Å². The first kappa shape index (κ1) is 13.6. The number of amides is 2. The summed E-state index contributed by atoms with van der Waals surface area (Å²) in [6.45, 7) is 8.57. The van der Waals surface area contributed by atoms with Crippen molar-refractivity contribution in [3.05, 3.63) is 35.4 Å². The first-order chi connectivity index (χ1) is 7.90. The Bertz CT molecular complexity index is 363. The van der Waals surface area contributed by atoms with E-state index in [-0.39, 0.29) is 11.6 Å². The summed E-state index contributed by atoms with van der Waals surface area (Å²) in [7, 11) is 0. The molecule has 0 aliphatic rings. The van der Waals surface area contributed by atoms with Crippen LogP contribution in [0.3, 0.4) is 0 Å². The quantitative estimate of drug-likeness (QED) is 0.829. The number of urea groups is 1. The minimum absolute atomic E-state index is 0.128. The van der Waals surface area contributed by atoms with E-state index >= 15 is 0 Å². The molecule has 0 aromatic heterocycles. The number of carbonyl (C=O) groups excluding carboxylic acids is 1. The topological polar surface area (TPSA) is 41.1 Å². The second-order valence-corrected chi connectivity index (χ2v) is 5.23. The molecule has 3 nitrogen and oxygen atoms in total. The van der Waals surface area contributed by atoms with Crippen LogP contribution in [0.25, 0.3) is 0 Å². The molecule has 0 saturated heterocycles. The fourth-order valence-corrected chi connectivity index (χ4v) is 1.46. The van der Waals surface area contributed by atoms with Gasteiger partial charge >= 0.3 is 6.03 Å². The van der Waals surface area contributed by atoms with Crippen LogP contribution >= 0.6 is 0 Å². The highest BCUT2D eigenvalue weighted by molar-refractivity contribution is 5.74. The van der Waals surface area contributed by atoms with Crippen LogP contribution in [0.4, 0.5) is 4.79 Å². The Kier molecular flexibility index (Phi) is 4.55. The maximum absolute atomic E-state index is 11.5. The van der Waals surface area contributed by atoms with E-state index in [0.717, 1.165) is 12.0 Å². The van der Waals surface area contributed by atoms with Gasteiger partial charge in [-0.25, -0.2) is 4.79 Å². The summed E-state index contributed by atoms with van der Waals surface area (Å²) in [5.41, 5.74) is 2.23. The molecule has 2 N–H and O–H groups in total. The van der Waals surface area contributed by atoms with Crippen molar-refractivity contribution in [2.24, 2.45) is 0 Å². The Morgan fingerprint density at radius 1 is 1.12 bits per heavy atom. The zero-order chi connectivity index (χ0) is 12.9. The van der Waals surface area contributed by atoms with Gasteiger partial charge in [-0.1, -0.05) is 31.2 Å². The number of aryl methyl sites for hydroxylation is 1. The van der Waals surface area contributed by atoms with Crippen LogP contribution < -0.4 is 10.6 Å². The van der Waals surface area contributed by atoms with Gasteiger partial charge in [-0.2, -0.15) is 0 Å². The van der Waals surface area contributed by atoms with Crippen molar-refractivity contribution in [2.75, 3.05) is 0 Å². The van der Waals surface area contributed by atoms with Gasteiger partial charge in [-0.05, 0) is 38.3 Å². The normalized spacial score (nSPS) is 11.1. The predicted molar refractivity (Wildman–Crippen MR) is 70.9 cm³/mol. The summed E-state index contributed by atoms with van der Waals surface area (Å²) in [4.78, 5) is 11.5. The molecule has 0 heterocycles. The van der Waals surface area contributed by atoms with Gasteiger partial charge in [0, 0.05) is 12.1 Å². The van der Waals surface area contributed by atoms with E-state index in [4.69, 9.17) is 0 Å². The number of hydrogen-bond acceptors (Lipinski definition) is 1. The van der Waals surface area contributed by atoms with Crippen molar-refractivity contribution in [1.29, 1.82) is 0 Å². The molecule has 0 spiro atoms. The van der Waals surface area contributed by atoms with Gasteiger partial charge in [-0.15, -0.1) is 0 Å². The Morgan fingerprint density at radius 2 is 1.65 bits per heavy atom. The fourth-order valence-electron chi connectivity index (χ4n) is 1.46. The SMILES string of the molecule is CCc1ccc(CNC(=O)NC(C)(C)C)cc1. The third-order valence-electron chi connectivity index (χ3n) is 2.37. The summed E-state index contributed by atoms with van der Waals surface area (Å²) in [5.74, 6) is 0. The number of benzene rings is 1. The van der Waals surface area contributed by atoms with Crippen molar-refractivity contribution in [3.8, 4) is 0 Å². The van der Waals surface area contributed by atoms with Crippen LogP contribution in [0.2, 0.25) is 0 Å². The van der Waals surface area contributed by atoms with E-state index in [2.05, 4.69) is 41.8 Å². The van der Waals surface area contributed by atoms with Gasteiger partial charge in [0.25, 0.3) is 0 Å². The van der Waals surface area contributed by atoms with Crippen molar-refractivity contribution in [1.82, 2.24) is 10.6 Å². The molecule has 0 atom stereocenters. The minimum atomic E-state index is -0.198. The third-order valence-corrected chi connectivity index (χ3v) is 2.37. The van der Waals surface area contributed by atoms with Crippen molar-refractivity contribution >= 4 is 6.03 Å². The van der Waals surface area contributed by atoms with E-state index in [1.165, 1.54) is 5.56 Å². The summed E-state index contributed by atoms with van der Waals surface area (Å²) in [6.07, 6.45) is 1.04. The fraction of sp³-hybridized carbons (Fsp3) is 0.500. The highest BCUT2D eigenvalue weighted by atomic mass is 16.2. The number of hydrogen-bond donors (Lipinski definition) is 2. The molecule has 0 unspecified atom stereocenters. The third kappa shape index (κ3) is 5.38. The van der Waals surface area contributed by atoms with Crippen LogP contribution in [0.1, 0.15) is 38.8 Å². The monoisotopic (exact) mass is 234 g/mol. The number of nitrogens with one attached hydrogen (secondary N) is 2. The molecule has 0 radical (unpaired) electrons. The molecule has 0 bridgehead atoms. The first-order valence-corrected chi connectivity index (χ1v) is 6.04.